The second-order valence-electron chi connectivity index (χ2n) is 4.91. The third-order valence-electron chi connectivity index (χ3n) is 3.06. The molecule has 0 aliphatic rings. The van der Waals surface area contributed by atoms with E-state index in [2.05, 4.69) is 0 Å². The summed E-state index contributed by atoms with van der Waals surface area (Å²) in [6.07, 6.45) is 0. The molecule has 1 N–H and O–H groups in total. The van der Waals surface area contributed by atoms with E-state index in [0.717, 1.165) is 5.56 Å². The van der Waals surface area contributed by atoms with Gasteiger partial charge in [0, 0.05) is 11.1 Å². The predicted molar refractivity (Wildman–Crippen MR) is 67.9 cm³/mol. The maximum atomic E-state index is 14.1. The highest BCUT2D eigenvalue weighted by atomic mass is 19.1. The van der Waals surface area contributed by atoms with Gasteiger partial charge in [-0.25, -0.2) is 4.39 Å². The molecule has 0 aromatic heterocycles. The van der Waals surface area contributed by atoms with Gasteiger partial charge >= 0.3 is 5.97 Å². The fourth-order valence-corrected chi connectivity index (χ4v) is 2.05. The van der Waals surface area contributed by atoms with Gasteiger partial charge < -0.3 is 9.84 Å². The molecule has 3 nitrogen and oxygen atoms in total. The summed E-state index contributed by atoms with van der Waals surface area (Å²) in [6, 6.07) is 3.38. The molecule has 0 spiro atoms. The SMILES string of the molecule is COc1c(C(C)(C)F)ccc(C)c1C(C)C(=O)O. The number of rotatable bonds is 4. The molecular formula is C14H19FO3. The molecule has 0 radical (unpaired) electrons. The van der Waals surface area contributed by atoms with Crippen molar-refractivity contribution in [2.75, 3.05) is 7.11 Å². The molecule has 0 aliphatic heterocycles. The summed E-state index contributed by atoms with van der Waals surface area (Å²) in [5, 5.41) is 9.12. The Labute approximate surface area is 107 Å². The van der Waals surface area contributed by atoms with Crippen molar-refractivity contribution in [3.63, 3.8) is 0 Å². The molecule has 0 amide bonds. The summed E-state index contributed by atoms with van der Waals surface area (Å²) >= 11 is 0. The van der Waals surface area contributed by atoms with E-state index in [1.54, 1.807) is 26.0 Å². The Morgan fingerprint density at radius 3 is 2.39 bits per heavy atom. The summed E-state index contributed by atoms with van der Waals surface area (Å²) in [5.41, 5.74) is 0.119. The van der Waals surface area contributed by atoms with Gasteiger partial charge in [-0.2, -0.15) is 0 Å². The number of carboxylic acid groups (broad SMARTS) is 1. The molecule has 1 unspecified atom stereocenters. The molecule has 0 aliphatic carbocycles. The van der Waals surface area contributed by atoms with E-state index in [1.165, 1.54) is 21.0 Å². The van der Waals surface area contributed by atoms with Gasteiger partial charge in [-0.05, 0) is 33.3 Å². The lowest BCUT2D eigenvalue weighted by Crippen LogP contribution is -2.16. The van der Waals surface area contributed by atoms with Crippen LogP contribution in [0, 0.1) is 6.92 Å². The van der Waals surface area contributed by atoms with E-state index >= 15 is 0 Å². The van der Waals surface area contributed by atoms with Crippen LogP contribution in [0.3, 0.4) is 0 Å². The monoisotopic (exact) mass is 254 g/mol. The smallest absolute Gasteiger partial charge is 0.310 e. The van der Waals surface area contributed by atoms with Crippen LogP contribution in [0.2, 0.25) is 0 Å². The highest BCUT2D eigenvalue weighted by molar-refractivity contribution is 5.78. The predicted octanol–water partition coefficient (Wildman–Crippen LogP) is 3.40. The Kier molecular flexibility index (Phi) is 3.99. The van der Waals surface area contributed by atoms with Crippen molar-refractivity contribution >= 4 is 5.97 Å². The molecule has 1 rings (SSSR count). The fourth-order valence-electron chi connectivity index (χ4n) is 2.05. The summed E-state index contributed by atoms with van der Waals surface area (Å²) < 4.78 is 19.4. The molecule has 0 saturated carbocycles. The van der Waals surface area contributed by atoms with Crippen LogP contribution in [-0.2, 0) is 10.5 Å². The lowest BCUT2D eigenvalue weighted by Gasteiger charge is -2.23. The molecule has 0 heterocycles. The second-order valence-corrected chi connectivity index (χ2v) is 4.91. The van der Waals surface area contributed by atoms with Crippen LogP contribution >= 0.6 is 0 Å². The van der Waals surface area contributed by atoms with Crippen LogP contribution in [0.1, 0.15) is 43.4 Å². The number of carboxylic acids is 1. The molecule has 1 aromatic carbocycles. The van der Waals surface area contributed by atoms with E-state index < -0.39 is 17.6 Å². The highest BCUT2D eigenvalue weighted by Gasteiger charge is 2.29. The van der Waals surface area contributed by atoms with Crippen molar-refractivity contribution in [2.45, 2.75) is 39.3 Å². The number of hydrogen-bond acceptors (Lipinski definition) is 2. The Balaban J connectivity index is 3.54. The van der Waals surface area contributed by atoms with Gasteiger partial charge in [-0.3, -0.25) is 4.79 Å². The fraction of sp³-hybridized carbons (Fsp3) is 0.500. The zero-order valence-electron chi connectivity index (χ0n) is 11.4. The Hall–Kier alpha value is -1.58. The first-order valence-electron chi connectivity index (χ1n) is 5.79. The largest absolute Gasteiger partial charge is 0.496 e. The average molecular weight is 254 g/mol. The lowest BCUT2D eigenvalue weighted by atomic mass is 9.88. The molecule has 1 atom stereocenters. The molecule has 0 saturated heterocycles. The van der Waals surface area contributed by atoms with Crippen LogP contribution in [0.5, 0.6) is 5.75 Å². The minimum atomic E-state index is -1.58. The van der Waals surface area contributed by atoms with Crippen LogP contribution in [0.4, 0.5) is 4.39 Å². The Morgan fingerprint density at radius 1 is 1.44 bits per heavy atom. The Morgan fingerprint density at radius 2 is 2.00 bits per heavy atom. The van der Waals surface area contributed by atoms with E-state index in [0.29, 0.717) is 16.9 Å². The molecule has 100 valence electrons. The zero-order chi connectivity index (χ0) is 14.1. The van der Waals surface area contributed by atoms with Gasteiger partial charge in [-0.15, -0.1) is 0 Å². The molecule has 18 heavy (non-hydrogen) atoms. The number of methoxy groups -OCH3 is 1. The van der Waals surface area contributed by atoms with Gasteiger partial charge in [0.1, 0.15) is 11.4 Å². The Bertz CT molecular complexity index is 461. The van der Waals surface area contributed by atoms with Crippen molar-refractivity contribution in [1.82, 2.24) is 0 Å². The summed E-state index contributed by atoms with van der Waals surface area (Å²) in [7, 11) is 1.43. The quantitative estimate of drug-likeness (QED) is 0.895. The van der Waals surface area contributed by atoms with E-state index in [1.807, 2.05) is 0 Å². The van der Waals surface area contributed by atoms with Crippen molar-refractivity contribution in [1.29, 1.82) is 0 Å². The maximum absolute atomic E-state index is 14.1. The van der Waals surface area contributed by atoms with Gasteiger partial charge in [0.15, 0.2) is 0 Å². The van der Waals surface area contributed by atoms with Crippen LogP contribution in [-0.4, -0.2) is 18.2 Å². The van der Waals surface area contributed by atoms with E-state index in [-0.39, 0.29) is 0 Å². The lowest BCUT2D eigenvalue weighted by molar-refractivity contribution is -0.138. The topological polar surface area (TPSA) is 46.5 Å². The van der Waals surface area contributed by atoms with E-state index in [4.69, 9.17) is 9.84 Å². The molecule has 4 heteroatoms. The number of halogens is 1. The number of aryl methyl sites for hydroxylation is 1. The molecular weight excluding hydrogens is 235 g/mol. The standard InChI is InChI=1S/C14H19FO3/c1-8-6-7-10(14(3,4)15)12(18-5)11(8)9(2)13(16)17/h6-7,9H,1-5H3,(H,16,17). The normalized spacial score (nSPS) is 13.2. The number of alkyl halides is 1. The van der Waals surface area contributed by atoms with E-state index in [9.17, 15) is 9.18 Å². The second kappa shape index (κ2) is 4.96. The summed E-state index contributed by atoms with van der Waals surface area (Å²) in [4.78, 5) is 11.1. The first-order chi connectivity index (χ1) is 8.20. The first-order valence-corrected chi connectivity index (χ1v) is 5.79. The number of ether oxygens (including phenoxy) is 1. The van der Waals surface area contributed by atoms with Crippen LogP contribution in [0.25, 0.3) is 0 Å². The number of benzene rings is 1. The third kappa shape index (κ3) is 2.63. The van der Waals surface area contributed by atoms with Crippen molar-refractivity contribution in [3.8, 4) is 5.75 Å². The highest BCUT2D eigenvalue weighted by Crippen LogP contribution is 2.39. The average Bonchev–Trinajstić information content (AvgIpc) is 2.25. The van der Waals surface area contributed by atoms with Gasteiger partial charge in [0.05, 0.1) is 13.0 Å². The van der Waals surface area contributed by atoms with Crippen molar-refractivity contribution in [3.05, 3.63) is 28.8 Å². The summed E-state index contributed by atoms with van der Waals surface area (Å²) in [6.45, 7) is 6.22. The first kappa shape index (κ1) is 14.5. The zero-order valence-corrected chi connectivity index (χ0v) is 11.4. The summed E-state index contributed by atoms with van der Waals surface area (Å²) in [5.74, 6) is -1.36. The third-order valence-corrected chi connectivity index (χ3v) is 3.06. The van der Waals surface area contributed by atoms with Gasteiger partial charge in [0.2, 0.25) is 0 Å². The van der Waals surface area contributed by atoms with Crippen LogP contribution in [0.15, 0.2) is 12.1 Å². The van der Waals surface area contributed by atoms with Gasteiger partial charge in [-0.1, -0.05) is 12.1 Å². The maximum Gasteiger partial charge on any atom is 0.310 e. The van der Waals surface area contributed by atoms with Gasteiger partial charge in [0.25, 0.3) is 0 Å². The molecule has 0 bridgehead atoms. The minimum absolute atomic E-state index is 0.331. The molecule has 0 fully saturated rings. The van der Waals surface area contributed by atoms with Crippen LogP contribution < -0.4 is 4.74 Å². The van der Waals surface area contributed by atoms with Crippen molar-refractivity contribution in [2.24, 2.45) is 0 Å². The number of aliphatic carboxylic acids is 1. The minimum Gasteiger partial charge on any atom is -0.496 e. The number of carbonyl (C=O) groups is 1. The molecule has 1 aromatic rings. The van der Waals surface area contributed by atoms with Crippen molar-refractivity contribution < 1.29 is 19.0 Å². The number of hydrogen-bond donors (Lipinski definition) is 1.